The van der Waals surface area contributed by atoms with Gasteiger partial charge in [-0.3, -0.25) is 0 Å². The summed E-state index contributed by atoms with van der Waals surface area (Å²) in [5.74, 6) is 0. The maximum Gasteiger partial charge on any atom is 0.210 e. The van der Waals surface area contributed by atoms with Crippen LogP contribution in [-0.4, -0.2) is 30.9 Å². The summed E-state index contributed by atoms with van der Waals surface area (Å²) in [6.07, 6.45) is 3.32. The molecule has 1 aromatic carbocycles. The van der Waals surface area contributed by atoms with Gasteiger partial charge in [0.15, 0.2) is 0 Å². The molecule has 1 aliphatic rings. The zero-order valence-electron chi connectivity index (χ0n) is 9.83. The van der Waals surface area contributed by atoms with E-state index in [1.807, 2.05) is 0 Å². The number of hydrogen-bond acceptors (Lipinski definition) is 1. The normalized spacial score (nSPS) is 13.7. The fraction of sp³-hybridized carbons (Fsp3) is 0.462. The predicted molar refractivity (Wildman–Crippen MR) is 65.6 cm³/mol. The molecule has 0 aromatic heterocycles. The average Bonchev–Trinajstić information content (AvgIpc) is 2.64. The van der Waals surface area contributed by atoms with Gasteiger partial charge in [-0.1, -0.05) is 6.07 Å². The molecular formula is C13H19N2+. The monoisotopic (exact) mass is 203 g/mol. The van der Waals surface area contributed by atoms with Gasteiger partial charge in [-0.05, 0) is 19.9 Å². The minimum Gasteiger partial charge on any atom is -0.372 e. The average molecular weight is 203 g/mol. The third-order valence-electron chi connectivity index (χ3n) is 3.18. The smallest absolute Gasteiger partial charge is 0.210 e. The summed E-state index contributed by atoms with van der Waals surface area (Å²) in [5.41, 5.74) is 4.24. The van der Waals surface area contributed by atoms with Crippen LogP contribution in [-0.2, 0) is 6.42 Å². The number of anilines is 1. The van der Waals surface area contributed by atoms with Gasteiger partial charge in [0.05, 0.1) is 12.0 Å². The first-order chi connectivity index (χ1) is 7.27. The highest BCUT2D eigenvalue weighted by atomic mass is 15.1. The third-order valence-corrected chi connectivity index (χ3v) is 3.18. The Labute approximate surface area is 91.8 Å². The van der Waals surface area contributed by atoms with Crippen molar-refractivity contribution in [2.24, 2.45) is 0 Å². The Morgan fingerprint density at radius 1 is 1.27 bits per heavy atom. The van der Waals surface area contributed by atoms with Crippen LogP contribution in [0, 0.1) is 0 Å². The summed E-state index contributed by atoms with van der Waals surface area (Å²) >= 11 is 0. The number of hydrogen-bond donors (Lipinski definition) is 0. The lowest BCUT2D eigenvalue weighted by atomic mass is 10.1. The molecule has 1 aliphatic heterocycles. The molecule has 0 saturated carbocycles. The largest absolute Gasteiger partial charge is 0.372 e. The van der Waals surface area contributed by atoms with Crippen LogP contribution >= 0.6 is 0 Å². The number of fused-ring (bicyclic) bond motifs is 1. The fourth-order valence-corrected chi connectivity index (χ4v) is 2.29. The van der Waals surface area contributed by atoms with E-state index in [-0.39, 0.29) is 0 Å². The summed E-state index contributed by atoms with van der Waals surface area (Å²) in [6.45, 7) is 6.59. The van der Waals surface area contributed by atoms with E-state index >= 15 is 0 Å². The molecule has 0 fully saturated rings. The van der Waals surface area contributed by atoms with Crippen molar-refractivity contribution >= 4 is 17.6 Å². The van der Waals surface area contributed by atoms with Gasteiger partial charge in [0.1, 0.15) is 13.3 Å². The SMILES string of the molecule is CCN(CC)c1cccc2c1CC=[N+]2C. The van der Waals surface area contributed by atoms with Crippen molar-refractivity contribution in [3.8, 4) is 0 Å². The number of rotatable bonds is 3. The lowest BCUT2D eigenvalue weighted by Gasteiger charge is -2.22. The number of nitrogens with zero attached hydrogens (tertiary/aromatic N) is 2. The van der Waals surface area contributed by atoms with Gasteiger partial charge >= 0.3 is 0 Å². The van der Waals surface area contributed by atoms with Crippen LogP contribution in [0.15, 0.2) is 18.2 Å². The topological polar surface area (TPSA) is 6.25 Å². The Kier molecular flexibility index (Phi) is 2.76. The van der Waals surface area contributed by atoms with E-state index < -0.39 is 0 Å². The summed E-state index contributed by atoms with van der Waals surface area (Å²) in [5, 5.41) is 0. The van der Waals surface area contributed by atoms with Crippen molar-refractivity contribution < 1.29 is 4.58 Å². The van der Waals surface area contributed by atoms with Crippen molar-refractivity contribution in [3.05, 3.63) is 23.8 Å². The standard InChI is InChI=1S/C13H19N2/c1-4-15(5-2)13-8-6-7-12-11(13)9-10-14(12)3/h6-8,10H,4-5,9H2,1-3H3/q+1. The van der Waals surface area contributed by atoms with Crippen molar-refractivity contribution in [3.63, 3.8) is 0 Å². The molecule has 2 rings (SSSR count). The Bertz CT molecular complexity index is 390. The fourth-order valence-electron chi connectivity index (χ4n) is 2.29. The molecule has 1 aromatic rings. The Balaban J connectivity index is 2.44. The second-order valence-corrected chi connectivity index (χ2v) is 3.94. The molecule has 15 heavy (non-hydrogen) atoms. The Morgan fingerprint density at radius 3 is 2.67 bits per heavy atom. The molecule has 2 heteroatoms. The Morgan fingerprint density at radius 2 is 2.00 bits per heavy atom. The molecule has 0 N–H and O–H groups in total. The molecule has 0 radical (unpaired) electrons. The van der Waals surface area contributed by atoms with E-state index in [1.165, 1.54) is 16.9 Å². The molecular weight excluding hydrogens is 184 g/mol. The van der Waals surface area contributed by atoms with Crippen LogP contribution in [0.1, 0.15) is 19.4 Å². The van der Waals surface area contributed by atoms with Crippen molar-refractivity contribution in [1.82, 2.24) is 0 Å². The molecule has 0 atom stereocenters. The van der Waals surface area contributed by atoms with Crippen LogP contribution in [0.4, 0.5) is 11.4 Å². The van der Waals surface area contributed by atoms with Crippen molar-refractivity contribution in [2.45, 2.75) is 20.3 Å². The molecule has 0 spiro atoms. The number of benzene rings is 1. The zero-order chi connectivity index (χ0) is 10.8. The summed E-state index contributed by atoms with van der Waals surface area (Å²) in [6, 6.07) is 6.59. The van der Waals surface area contributed by atoms with E-state index in [4.69, 9.17) is 0 Å². The van der Waals surface area contributed by atoms with Crippen molar-refractivity contribution in [1.29, 1.82) is 0 Å². The van der Waals surface area contributed by atoms with Gasteiger partial charge in [0, 0.05) is 24.8 Å². The van der Waals surface area contributed by atoms with E-state index in [0.717, 1.165) is 19.5 Å². The van der Waals surface area contributed by atoms with Gasteiger partial charge in [0.2, 0.25) is 5.69 Å². The van der Waals surface area contributed by atoms with Gasteiger partial charge in [-0.2, -0.15) is 0 Å². The second kappa shape index (κ2) is 4.05. The minimum atomic E-state index is 1.07. The molecule has 0 bridgehead atoms. The first-order valence-electron chi connectivity index (χ1n) is 5.71. The second-order valence-electron chi connectivity index (χ2n) is 3.94. The third kappa shape index (κ3) is 1.65. The van der Waals surface area contributed by atoms with Crippen LogP contribution in [0.25, 0.3) is 0 Å². The highest BCUT2D eigenvalue weighted by Crippen LogP contribution is 2.31. The lowest BCUT2D eigenvalue weighted by Crippen LogP contribution is -2.22. The molecule has 0 saturated heterocycles. The first kappa shape index (κ1) is 10.2. The molecule has 0 amide bonds. The minimum absolute atomic E-state index is 1.07. The van der Waals surface area contributed by atoms with Crippen LogP contribution < -0.4 is 4.90 Å². The molecule has 80 valence electrons. The highest BCUT2D eigenvalue weighted by Gasteiger charge is 2.22. The predicted octanol–water partition coefficient (Wildman–Crippen LogP) is 2.43. The van der Waals surface area contributed by atoms with Gasteiger partial charge in [-0.25, -0.2) is 4.58 Å². The summed E-state index contributed by atoms with van der Waals surface area (Å²) < 4.78 is 2.22. The van der Waals surface area contributed by atoms with Crippen LogP contribution in [0.5, 0.6) is 0 Å². The van der Waals surface area contributed by atoms with E-state index in [9.17, 15) is 0 Å². The molecule has 1 heterocycles. The molecule has 2 nitrogen and oxygen atoms in total. The summed E-state index contributed by atoms with van der Waals surface area (Å²) in [4.78, 5) is 2.42. The molecule has 0 unspecified atom stereocenters. The summed E-state index contributed by atoms with van der Waals surface area (Å²) in [7, 11) is 2.12. The van der Waals surface area contributed by atoms with Gasteiger partial charge in [0.25, 0.3) is 0 Å². The quantitative estimate of drug-likeness (QED) is 0.684. The van der Waals surface area contributed by atoms with Crippen LogP contribution in [0.3, 0.4) is 0 Å². The van der Waals surface area contributed by atoms with Crippen LogP contribution in [0.2, 0.25) is 0 Å². The zero-order valence-corrected chi connectivity index (χ0v) is 9.83. The lowest BCUT2D eigenvalue weighted by molar-refractivity contribution is -0.396. The first-order valence-corrected chi connectivity index (χ1v) is 5.71. The highest BCUT2D eigenvalue weighted by molar-refractivity contribution is 5.75. The Hall–Kier alpha value is -1.31. The molecule has 0 aliphatic carbocycles. The van der Waals surface area contributed by atoms with Gasteiger partial charge < -0.3 is 4.90 Å². The van der Waals surface area contributed by atoms with E-state index in [0.29, 0.717) is 0 Å². The van der Waals surface area contributed by atoms with Crippen molar-refractivity contribution in [2.75, 3.05) is 25.0 Å². The van der Waals surface area contributed by atoms with E-state index in [2.05, 4.69) is 54.8 Å². The van der Waals surface area contributed by atoms with Gasteiger partial charge in [-0.15, -0.1) is 0 Å². The maximum atomic E-state index is 2.42. The van der Waals surface area contributed by atoms with E-state index in [1.54, 1.807) is 0 Å². The maximum absolute atomic E-state index is 2.42.